The number of hydrogen-bond donors (Lipinski definition) is 3. The molecule has 0 aliphatic carbocycles. The molecule has 110 valence electrons. The molecular formula is C13H15N5O3. The van der Waals surface area contributed by atoms with E-state index < -0.39 is 23.9 Å². The van der Waals surface area contributed by atoms with Crippen LogP contribution in [0.4, 0.5) is 5.82 Å². The van der Waals surface area contributed by atoms with Gasteiger partial charge in [0.1, 0.15) is 30.1 Å². The van der Waals surface area contributed by atoms with Gasteiger partial charge in [0.2, 0.25) is 5.60 Å². The molecule has 21 heavy (non-hydrogen) atoms. The molecule has 0 spiro atoms. The van der Waals surface area contributed by atoms with E-state index in [-0.39, 0.29) is 5.82 Å². The lowest BCUT2D eigenvalue weighted by atomic mass is 9.92. The maximum atomic E-state index is 10.3. The molecule has 1 saturated heterocycles. The Morgan fingerprint density at radius 1 is 1.52 bits per heavy atom. The van der Waals surface area contributed by atoms with Gasteiger partial charge in [0.15, 0.2) is 5.82 Å². The van der Waals surface area contributed by atoms with Crippen LogP contribution in [-0.4, -0.2) is 43.1 Å². The summed E-state index contributed by atoms with van der Waals surface area (Å²) in [6, 6.07) is 5.22. The number of aromatic nitrogens is 3. The minimum atomic E-state index is -1.69. The molecule has 8 nitrogen and oxygen atoms in total. The Labute approximate surface area is 120 Å². The number of rotatable bonds is 2. The van der Waals surface area contributed by atoms with Gasteiger partial charge in [-0.25, -0.2) is 9.50 Å². The van der Waals surface area contributed by atoms with Crippen LogP contribution in [0.3, 0.4) is 0 Å². The van der Waals surface area contributed by atoms with Crippen molar-refractivity contribution in [1.29, 1.82) is 5.26 Å². The summed E-state index contributed by atoms with van der Waals surface area (Å²) in [6.07, 6.45) is -1.40. The fourth-order valence-electron chi connectivity index (χ4n) is 2.74. The van der Waals surface area contributed by atoms with Crippen LogP contribution in [0, 0.1) is 11.3 Å². The van der Waals surface area contributed by atoms with Crippen molar-refractivity contribution in [2.45, 2.75) is 37.3 Å². The molecule has 3 heterocycles. The van der Waals surface area contributed by atoms with Crippen molar-refractivity contribution < 1.29 is 14.9 Å². The highest BCUT2D eigenvalue weighted by atomic mass is 16.6. The van der Waals surface area contributed by atoms with Gasteiger partial charge in [-0.2, -0.15) is 10.4 Å². The number of ether oxygens (including phenoxy) is 1. The van der Waals surface area contributed by atoms with Gasteiger partial charge in [-0.15, -0.1) is 0 Å². The summed E-state index contributed by atoms with van der Waals surface area (Å²) in [5, 5.41) is 34.0. The van der Waals surface area contributed by atoms with Crippen molar-refractivity contribution in [2.24, 2.45) is 0 Å². The van der Waals surface area contributed by atoms with Crippen LogP contribution in [0.2, 0.25) is 0 Å². The predicted molar refractivity (Wildman–Crippen MR) is 71.9 cm³/mol. The molecule has 1 aliphatic heterocycles. The molecule has 1 fully saturated rings. The monoisotopic (exact) mass is 289 g/mol. The third-order valence-electron chi connectivity index (χ3n) is 3.89. The number of aliphatic hydroxyl groups excluding tert-OH is 2. The maximum absolute atomic E-state index is 10.3. The van der Waals surface area contributed by atoms with Gasteiger partial charge >= 0.3 is 0 Å². The third kappa shape index (κ3) is 1.72. The van der Waals surface area contributed by atoms with Gasteiger partial charge in [0.05, 0.1) is 11.8 Å². The number of nitriles is 1. The second-order valence-electron chi connectivity index (χ2n) is 5.01. The Kier molecular flexibility index (Phi) is 3.06. The minimum Gasteiger partial charge on any atom is -0.388 e. The van der Waals surface area contributed by atoms with Crippen molar-refractivity contribution in [1.82, 2.24) is 14.6 Å². The average molecular weight is 289 g/mol. The maximum Gasteiger partial charge on any atom is 0.225 e. The highest BCUT2D eigenvalue weighted by molar-refractivity contribution is 5.66. The van der Waals surface area contributed by atoms with E-state index in [0.717, 1.165) is 0 Å². The molecule has 8 heteroatoms. The van der Waals surface area contributed by atoms with E-state index in [0.29, 0.717) is 17.6 Å². The lowest BCUT2D eigenvalue weighted by Gasteiger charge is -2.24. The van der Waals surface area contributed by atoms with Gasteiger partial charge in [-0.1, -0.05) is 6.92 Å². The molecule has 0 unspecified atom stereocenters. The van der Waals surface area contributed by atoms with Gasteiger partial charge in [-0.3, -0.25) is 0 Å². The smallest absolute Gasteiger partial charge is 0.225 e. The summed E-state index contributed by atoms with van der Waals surface area (Å²) in [4.78, 5) is 3.87. The van der Waals surface area contributed by atoms with Crippen LogP contribution >= 0.6 is 0 Å². The largest absolute Gasteiger partial charge is 0.388 e. The molecule has 0 radical (unpaired) electrons. The fourth-order valence-corrected chi connectivity index (χ4v) is 2.74. The molecule has 2 aromatic heterocycles. The minimum absolute atomic E-state index is 0.254. The number of nitrogen functional groups attached to an aromatic ring is 1. The zero-order valence-corrected chi connectivity index (χ0v) is 11.3. The first kappa shape index (κ1) is 13.8. The van der Waals surface area contributed by atoms with Gasteiger partial charge in [-0.05, 0) is 18.6 Å². The zero-order valence-electron chi connectivity index (χ0n) is 11.3. The van der Waals surface area contributed by atoms with E-state index in [9.17, 15) is 15.5 Å². The lowest BCUT2D eigenvalue weighted by molar-refractivity contribution is -0.0510. The van der Waals surface area contributed by atoms with E-state index in [2.05, 4.69) is 10.1 Å². The lowest BCUT2D eigenvalue weighted by Crippen LogP contribution is -2.40. The first-order valence-electron chi connectivity index (χ1n) is 6.59. The molecule has 3 rings (SSSR count). The van der Waals surface area contributed by atoms with Crippen molar-refractivity contribution in [3.63, 3.8) is 0 Å². The van der Waals surface area contributed by atoms with Crippen molar-refractivity contribution >= 4 is 11.3 Å². The summed E-state index contributed by atoms with van der Waals surface area (Å²) in [7, 11) is 0. The summed E-state index contributed by atoms with van der Waals surface area (Å²) < 4.78 is 7.08. The SMILES string of the molecule is CC[C@H]1O[C@@](C#N)(c2ccc3c(N)ncnn23)[C@H](O)[C@@H]1O. The number of nitrogens with zero attached hydrogens (tertiary/aromatic N) is 4. The third-order valence-corrected chi connectivity index (χ3v) is 3.89. The first-order chi connectivity index (χ1) is 10.0. The Morgan fingerprint density at radius 2 is 2.29 bits per heavy atom. The first-order valence-corrected chi connectivity index (χ1v) is 6.59. The van der Waals surface area contributed by atoms with Gasteiger partial charge in [0, 0.05) is 0 Å². The standard InChI is InChI=1S/C13H15N5O3/c1-2-8-10(19)11(20)13(5-14,21-8)9-4-3-7-12(15)16-6-17-18(7)9/h3-4,6,8,10-11,19-20H,2H2,1H3,(H2,15,16,17)/t8-,10-,11-,13+/m1/s1. The Bertz CT molecular complexity index is 724. The molecule has 1 aliphatic rings. The number of nitrogens with two attached hydrogens (primary N) is 1. The number of aliphatic hydroxyl groups is 2. The molecule has 0 aromatic carbocycles. The van der Waals surface area contributed by atoms with E-state index in [1.165, 1.54) is 10.8 Å². The van der Waals surface area contributed by atoms with E-state index in [1.54, 1.807) is 12.1 Å². The van der Waals surface area contributed by atoms with Crippen LogP contribution < -0.4 is 5.73 Å². The van der Waals surface area contributed by atoms with Crippen LogP contribution in [0.1, 0.15) is 19.0 Å². The Morgan fingerprint density at radius 3 is 2.90 bits per heavy atom. The second kappa shape index (κ2) is 4.66. The van der Waals surface area contributed by atoms with E-state index >= 15 is 0 Å². The highest BCUT2D eigenvalue weighted by Crippen LogP contribution is 2.41. The predicted octanol–water partition coefficient (Wildman–Crippen LogP) is -0.439. The fraction of sp³-hybridized carbons (Fsp3) is 0.462. The highest BCUT2D eigenvalue weighted by Gasteiger charge is 2.56. The molecule has 4 N–H and O–H groups in total. The topological polar surface area (TPSA) is 130 Å². The average Bonchev–Trinajstić information content (AvgIpc) is 3.03. The molecule has 0 saturated carbocycles. The summed E-state index contributed by atoms with van der Waals surface area (Å²) in [5.41, 5.74) is 4.90. The van der Waals surface area contributed by atoms with Crippen LogP contribution in [0.5, 0.6) is 0 Å². The number of fused-ring (bicyclic) bond motifs is 1. The zero-order chi connectivity index (χ0) is 15.2. The number of hydrogen-bond acceptors (Lipinski definition) is 7. The molecule has 4 atom stereocenters. The molecule has 0 amide bonds. The van der Waals surface area contributed by atoms with Gasteiger partial charge < -0.3 is 20.7 Å². The summed E-state index contributed by atoms with van der Waals surface area (Å²) in [6.45, 7) is 1.81. The quantitative estimate of drug-likeness (QED) is 0.683. The normalized spacial score (nSPS) is 32.4. The van der Waals surface area contributed by atoms with Crippen LogP contribution in [-0.2, 0) is 10.3 Å². The van der Waals surface area contributed by atoms with E-state index in [4.69, 9.17) is 10.5 Å². The summed E-state index contributed by atoms with van der Waals surface area (Å²) in [5.74, 6) is 0.254. The molecular weight excluding hydrogens is 274 g/mol. The Hall–Kier alpha value is -2.21. The van der Waals surface area contributed by atoms with Crippen molar-refractivity contribution in [3.8, 4) is 6.07 Å². The van der Waals surface area contributed by atoms with Crippen LogP contribution in [0.15, 0.2) is 18.5 Å². The van der Waals surface area contributed by atoms with Gasteiger partial charge in [0.25, 0.3) is 0 Å². The number of anilines is 1. The van der Waals surface area contributed by atoms with E-state index in [1.807, 2.05) is 13.0 Å². The van der Waals surface area contributed by atoms with Crippen molar-refractivity contribution in [3.05, 3.63) is 24.2 Å². The van der Waals surface area contributed by atoms with Crippen molar-refractivity contribution in [2.75, 3.05) is 5.73 Å². The second-order valence-corrected chi connectivity index (χ2v) is 5.01. The molecule has 0 bridgehead atoms. The summed E-state index contributed by atoms with van der Waals surface area (Å²) >= 11 is 0. The van der Waals surface area contributed by atoms with Crippen LogP contribution in [0.25, 0.3) is 5.52 Å². The Balaban J connectivity index is 2.20. The molecule has 2 aromatic rings.